The number of furan rings is 1. The smallest absolute Gasteiger partial charge is 0.139 e. The molecule has 0 atom stereocenters. The summed E-state index contributed by atoms with van der Waals surface area (Å²) in [5.74, 6) is 0.794. The zero-order valence-corrected chi connectivity index (χ0v) is 9.35. The minimum absolute atomic E-state index is 0.512. The summed E-state index contributed by atoms with van der Waals surface area (Å²) in [6.07, 6.45) is 0. The third-order valence-corrected chi connectivity index (χ3v) is 2.74. The highest BCUT2D eigenvalue weighted by Gasteiger charge is 2.06. The van der Waals surface area contributed by atoms with E-state index in [0.29, 0.717) is 13.2 Å². The van der Waals surface area contributed by atoms with Gasteiger partial charge in [0.1, 0.15) is 23.5 Å². The van der Waals surface area contributed by atoms with E-state index in [-0.39, 0.29) is 0 Å². The molecule has 0 bridgehead atoms. The van der Waals surface area contributed by atoms with Crippen LogP contribution in [0.3, 0.4) is 0 Å². The van der Waals surface area contributed by atoms with Gasteiger partial charge in [0.05, 0.1) is 0 Å². The van der Waals surface area contributed by atoms with Gasteiger partial charge in [0.15, 0.2) is 0 Å². The van der Waals surface area contributed by atoms with Crippen molar-refractivity contribution < 1.29 is 9.15 Å². The second-order valence-electron chi connectivity index (χ2n) is 3.89. The zero-order chi connectivity index (χ0) is 11.7. The second kappa shape index (κ2) is 4.11. The molecule has 2 aromatic carbocycles. The van der Waals surface area contributed by atoms with E-state index in [1.54, 1.807) is 0 Å². The average molecular weight is 227 g/mol. The zero-order valence-electron chi connectivity index (χ0n) is 9.35. The summed E-state index contributed by atoms with van der Waals surface area (Å²) >= 11 is 0. The first-order valence-corrected chi connectivity index (χ1v) is 5.62. The normalized spacial score (nSPS) is 11.1. The third kappa shape index (κ3) is 1.74. The van der Waals surface area contributed by atoms with Crippen LogP contribution in [0, 0.1) is 0 Å². The van der Waals surface area contributed by atoms with Crippen LogP contribution in [0.5, 0.6) is 5.75 Å². The molecule has 0 radical (unpaired) electrons. The number of para-hydroxylation sites is 1. The molecule has 0 amide bonds. The molecule has 1 heterocycles. The van der Waals surface area contributed by atoms with E-state index in [1.807, 2.05) is 36.4 Å². The fraction of sp³-hybridized carbons (Fsp3) is 0.143. The van der Waals surface area contributed by atoms with Crippen molar-refractivity contribution in [3.05, 3.63) is 42.5 Å². The molecule has 3 rings (SSSR count). The highest BCUT2D eigenvalue weighted by molar-refractivity contribution is 6.05. The Kier molecular flexibility index (Phi) is 2.46. The van der Waals surface area contributed by atoms with E-state index >= 15 is 0 Å². The number of benzene rings is 2. The van der Waals surface area contributed by atoms with Crippen molar-refractivity contribution in [3.63, 3.8) is 0 Å². The van der Waals surface area contributed by atoms with Gasteiger partial charge in [-0.2, -0.15) is 0 Å². The predicted molar refractivity (Wildman–Crippen MR) is 68.3 cm³/mol. The topological polar surface area (TPSA) is 48.4 Å². The van der Waals surface area contributed by atoms with Gasteiger partial charge in [-0.1, -0.05) is 18.2 Å². The van der Waals surface area contributed by atoms with Crippen LogP contribution in [0.4, 0.5) is 0 Å². The van der Waals surface area contributed by atoms with Crippen molar-refractivity contribution in [2.45, 2.75) is 0 Å². The highest BCUT2D eigenvalue weighted by atomic mass is 16.5. The lowest BCUT2D eigenvalue weighted by Gasteiger charge is -2.03. The summed E-state index contributed by atoms with van der Waals surface area (Å²) in [4.78, 5) is 0. The van der Waals surface area contributed by atoms with Gasteiger partial charge in [0, 0.05) is 23.4 Å². The van der Waals surface area contributed by atoms with Crippen molar-refractivity contribution in [1.29, 1.82) is 0 Å². The minimum Gasteiger partial charge on any atom is -0.492 e. The maximum Gasteiger partial charge on any atom is 0.139 e. The maximum absolute atomic E-state index is 5.76. The van der Waals surface area contributed by atoms with Crippen LogP contribution in [-0.2, 0) is 0 Å². The van der Waals surface area contributed by atoms with Crippen molar-refractivity contribution >= 4 is 21.9 Å². The summed E-state index contributed by atoms with van der Waals surface area (Å²) in [5, 5.41) is 2.24. The standard InChI is InChI=1S/C14H13NO2/c15-7-8-16-10-5-6-12-11-3-1-2-4-13(11)17-14(12)9-10/h1-6,9H,7-8,15H2. The first kappa shape index (κ1) is 10.2. The van der Waals surface area contributed by atoms with Crippen LogP contribution in [-0.4, -0.2) is 13.2 Å². The van der Waals surface area contributed by atoms with Crippen LogP contribution >= 0.6 is 0 Å². The van der Waals surface area contributed by atoms with Gasteiger partial charge in [-0.15, -0.1) is 0 Å². The molecule has 0 aliphatic carbocycles. The SMILES string of the molecule is NCCOc1ccc2c(c1)oc1ccccc12. The number of rotatable bonds is 3. The highest BCUT2D eigenvalue weighted by Crippen LogP contribution is 2.30. The first-order chi connectivity index (χ1) is 8.38. The molecule has 1 aromatic heterocycles. The number of nitrogens with two attached hydrogens (primary N) is 1. The fourth-order valence-electron chi connectivity index (χ4n) is 1.97. The molecule has 0 spiro atoms. The summed E-state index contributed by atoms with van der Waals surface area (Å²) in [6, 6.07) is 13.9. The van der Waals surface area contributed by atoms with E-state index in [0.717, 1.165) is 27.7 Å². The largest absolute Gasteiger partial charge is 0.492 e. The lowest BCUT2D eigenvalue weighted by molar-refractivity contribution is 0.328. The predicted octanol–water partition coefficient (Wildman–Crippen LogP) is 2.92. The third-order valence-electron chi connectivity index (χ3n) is 2.74. The van der Waals surface area contributed by atoms with E-state index in [1.165, 1.54) is 0 Å². The minimum atomic E-state index is 0.512. The molecule has 17 heavy (non-hydrogen) atoms. The van der Waals surface area contributed by atoms with E-state index in [9.17, 15) is 0 Å². The van der Waals surface area contributed by atoms with Crippen LogP contribution in [0.2, 0.25) is 0 Å². The van der Waals surface area contributed by atoms with Crippen molar-refractivity contribution in [2.75, 3.05) is 13.2 Å². The van der Waals surface area contributed by atoms with Gasteiger partial charge in [-0.3, -0.25) is 0 Å². The molecule has 0 fully saturated rings. The molecule has 86 valence electrons. The Morgan fingerprint density at radius 2 is 1.82 bits per heavy atom. The van der Waals surface area contributed by atoms with Crippen LogP contribution in [0.1, 0.15) is 0 Å². The number of fused-ring (bicyclic) bond motifs is 3. The van der Waals surface area contributed by atoms with Crippen molar-refractivity contribution in [3.8, 4) is 5.75 Å². The monoisotopic (exact) mass is 227 g/mol. The van der Waals surface area contributed by atoms with Crippen molar-refractivity contribution in [2.24, 2.45) is 5.73 Å². The summed E-state index contributed by atoms with van der Waals surface area (Å²) in [7, 11) is 0. The van der Waals surface area contributed by atoms with Crippen LogP contribution < -0.4 is 10.5 Å². The Bertz CT molecular complexity index is 657. The molecule has 0 aliphatic heterocycles. The molecule has 0 saturated carbocycles. The van der Waals surface area contributed by atoms with Crippen LogP contribution in [0.25, 0.3) is 21.9 Å². The molecular weight excluding hydrogens is 214 g/mol. The van der Waals surface area contributed by atoms with Gasteiger partial charge in [-0.25, -0.2) is 0 Å². The summed E-state index contributed by atoms with van der Waals surface area (Å²) in [5.41, 5.74) is 7.15. The Morgan fingerprint density at radius 3 is 2.71 bits per heavy atom. The van der Waals surface area contributed by atoms with E-state index in [4.69, 9.17) is 14.9 Å². The Hall–Kier alpha value is -2.00. The number of ether oxygens (including phenoxy) is 1. The first-order valence-electron chi connectivity index (χ1n) is 5.62. The van der Waals surface area contributed by atoms with E-state index < -0.39 is 0 Å². The average Bonchev–Trinajstić information content (AvgIpc) is 2.74. The molecule has 0 aliphatic rings. The molecule has 3 nitrogen and oxygen atoms in total. The molecular formula is C14H13NO2. The van der Waals surface area contributed by atoms with Gasteiger partial charge in [0.25, 0.3) is 0 Å². The molecule has 3 aromatic rings. The molecule has 3 heteroatoms. The maximum atomic E-state index is 5.76. The number of hydrogen-bond acceptors (Lipinski definition) is 3. The van der Waals surface area contributed by atoms with Crippen molar-refractivity contribution in [1.82, 2.24) is 0 Å². The molecule has 0 saturated heterocycles. The quantitative estimate of drug-likeness (QED) is 0.748. The second-order valence-corrected chi connectivity index (χ2v) is 3.89. The van der Waals surface area contributed by atoms with Gasteiger partial charge >= 0.3 is 0 Å². The Morgan fingerprint density at radius 1 is 1.00 bits per heavy atom. The lowest BCUT2D eigenvalue weighted by Crippen LogP contribution is -2.10. The van der Waals surface area contributed by atoms with Gasteiger partial charge in [0.2, 0.25) is 0 Å². The molecule has 0 unspecified atom stereocenters. The fourth-order valence-corrected chi connectivity index (χ4v) is 1.97. The summed E-state index contributed by atoms with van der Waals surface area (Å²) in [6.45, 7) is 1.03. The van der Waals surface area contributed by atoms with Gasteiger partial charge < -0.3 is 14.9 Å². The Labute approximate surface area is 98.8 Å². The van der Waals surface area contributed by atoms with Crippen LogP contribution in [0.15, 0.2) is 46.9 Å². The summed E-state index contributed by atoms with van der Waals surface area (Å²) < 4.78 is 11.2. The Balaban J connectivity index is 2.13. The number of hydrogen-bond donors (Lipinski definition) is 1. The van der Waals surface area contributed by atoms with E-state index in [2.05, 4.69) is 6.07 Å². The van der Waals surface area contributed by atoms with Gasteiger partial charge in [-0.05, 0) is 18.2 Å². The lowest BCUT2D eigenvalue weighted by atomic mass is 10.1. The molecule has 2 N–H and O–H groups in total.